The lowest BCUT2D eigenvalue weighted by Gasteiger charge is -2.27. The fraction of sp³-hybridized carbons (Fsp3) is 0.933. The smallest absolute Gasteiger partial charge is 0.249 e. The summed E-state index contributed by atoms with van der Waals surface area (Å²) in [5.41, 5.74) is 0. The van der Waals surface area contributed by atoms with Gasteiger partial charge >= 0.3 is 0 Å². The van der Waals surface area contributed by atoms with Crippen LogP contribution in [0, 0.1) is 0 Å². The van der Waals surface area contributed by atoms with Gasteiger partial charge in [-0.25, -0.2) is 0 Å². The molecule has 0 spiro atoms. The standard InChI is InChI=1S/C45H89NO5/c1-3-5-7-9-11-13-14-15-16-17-18-19-20-21-22-23-24-25-26-27-28-29-31-32-34-36-38-42(48)44(50)41(40-47)46-45(51)43(49)39-37-35-33-30-12-10-8-6-4-2/h10,12,41-44,47-50H,3-9,11,13-40H2,1-2H3,(H,46,51)/b12-10-. The van der Waals surface area contributed by atoms with Gasteiger partial charge < -0.3 is 25.7 Å². The van der Waals surface area contributed by atoms with Crippen LogP contribution in [0.25, 0.3) is 0 Å². The van der Waals surface area contributed by atoms with E-state index >= 15 is 0 Å². The summed E-state index contributed by atoms with van der Waals surface area (Å²) in [6, 6.07) is -0.987. The first-order chi connectivity index (χ1) is 25.0. The molecule has 4 unspecified atom stereocenters. The lowest BCUT2D eigenvalue weighted by atomic mass is 9.99. The van der Waals surface area contributed by atoms with E-state index in [0.29, 0.717) is 12.8 Å². The first-order valence-corrected chi connectivity index (χ1v) is 22.6. The molecule has 0 saturated heterocycles. The predicted molar refractivity (Wildman–Crippen MR) is 219 cm³/mol. The third kappa shape index (κ3) is 34.6. The SMILES string of the molecule is CCCC/C=C\CCCCCC(O)C(=O)NC(CO)C(O)C(O)CCCCCCCCCCCCCCCCCCCCCCCCCCCC. The maximum Gasteiger partial charge on any atom is 0.249 e. The fourth-order valence-electron chi connectivity index (χ4n) is 7.09. The summed E-state index contributed by atoms with van der Waals surface area (Å²) in [5, 5.41) is 43.5. The molecule has 0 aromatic rings. The van der Waals surface area contributed by atoms with Gasteiger partial charge in [0.15, 0.2) is 0 Å². The summed E-state index contributed by atoms with van der Waals surface area (Å²) in [5.74, 6) is -0.597. The second-order valence-corrected chi connectivity index (χ2v) is 15.8. The van der Waals surface area contributed by atoms with E-state index < -0.39 is 36.9 Å². The molecule has 5 N–H and O–H groups in total. The molecule has 1 amide bonds. The zero-order valence-corrected chi connectivity index (χ0v) is 34.1. The number of unbranched alkanes of at least 4 members (excludes halogenated alkanes) is 30. The molecular weight excluding hydrogens is 634 g/mol. The Bertz CT molecular complexity index is 731. The molecule has 6 heteroatoms. The molecule has 0 aliphatic rings. The van der Waals surface area contributed by atoms with Crippen LogP contribution < -0.4 is 5.32 Å². The molecule has 0 fully saturated rings. The van der Waals surface area contributed by atoms with Crippen LogP contribution >= 0.6 is 0 Å². The Morgan fingerprint density at radius 3 is 1.20 bits per heavy atom. The minimum atomic E-state index is -1.26. The van der Waals surface area contributed by atoms with Crippen molar-refractivity contribution in [2.24, 2.45) is 0 Å². The number of hydrogen-bond donors (Lipinski definition) is 5. The zero-order chi connectivity index (χ0) is 37.5. The number of rotatable bonds is 41. The van der Waals surface area contributed by atoms with Gasteiger partial charge in [0.1, 0.15) is 12.2 Å². The number of amides is 1. The van der Waals surface area contributed by atoms with Crippen molar-refractivity contribution in [1.29, 1.82) is 0 Å². The fourth-order valence-corrected chi connectivity index (χ4v) is 7.09. The van der Waals surface area contributed by atoms with Crippen LogP contribution in [0.2, 0.25) is 0 Å². The molecule has 6 nitrogen and oxygen atoms in total. The maximum absolute atomic E-state index is 12.4. The Hall–Kier alpha value is -0.950. The number of hydrogen-bond acceptors (Lipinski definition) is 5. The third-order valence-corrected chi connectivity index (χ3v) is 10.7. The van der Waals surface area contributed by atoms with E-state index in [2.05, 4.69) is 31.3 Å². The third-order valence-electron chi connectivity index (χ3n) is 10.7. The summed E-state index contributed by atoms with van der Waals surface area (Å²) in [6.07, 6.45) is 44.2. The Morgan fingerprint density at radius 1 is 0.471 bits per heavy atom. The first-order valence-electron chi connectivity index (χ1n) is 22.6. The Labute approximate surface area is 317 Å². The van der Waals surface area contributed by atoms with Gasteiger partial charge in [0.2, 0.25) is 5.91 Å². The summed E-state index contributed by atoms with van der Waals surface area (Å²) >= 11 is 0. The zero-order valence-electron chi connectivity index (χ0n) is 34.1. The van der Waals surface area contributed by atoms with Gasteiger partial charge in [-0.1, -0.05) is 219 Å². The van der Waals surface area contributed by atoms with E-state index in [9.17, 15) is 25.2 Å². The number of carbonyl (C=O) groups excluding carboxylic acids is 1. The van der Waals surface area contributed by atoms with Gasteiger partial charge in [0.05, 0.1) is 18.8 Å². The van der Waals surface area contributed by atoms with Gasteiger partial charge in [0, 0.05) is 0 Å². The lowest BCUT2D eigenvalue weighted by Crippen LogP contribution is -2.53. The van der Waals surface area contributed by atoms with Crippen LogP contribution in [0.4, 0.5) is 0 Å². The van der Waals surface area contributed by atoms with Crippen molar-refractivity contribution in [3.05, 3.63) is 12.2 Å². The molecule has 51 heavy (non-hydrogen) atoms. The van der Waals surface area contributed by atoms with Crippen molar-refractivity contribution in [2.45, 2.75) is 263 Å². The van der Waals surface area contributed by atoms with Gasteiger partial charge in [-0.15, -0.1) is 0 Å². The lowest BCUT2D eigenvalue weighted by molar-refractivity contribution is -0.132. The number of aliphatic hydroxyl groups excluding tert-OH is 4. The largest absolute Gasteiger partial charge is 0.394 e. The molecule has 0 saturated carbocycles. The Morgan fingerprint density at radius 2 is 0.804 bits per heavy atom. The highest BCUT2D eigenvalue weighted by Gasteiger charge is 2.28. The van der Waals surface area contributed by atoms with Crippen molar-refractivity contribution >= 4 is 5.91 Å². The number of nitrogens with one attached hydrogen (secondary N) is 1. The number of aliphatic hydroxyl groups is 4. The van der Waals surface area contributed by atoms with Gasteiger partial charge in [-0.3, -0.25) is 4.79 Å². The van der Waals surface area contributed by atoms with E-state index in [1.54, 1.807) is 0 Å². The molecule has 0 bridgehead atoms. The van der Waals surface area contributed by atoms with E-state index in [1.807, 2.05) is 0 Å². The molecule has 0 aromatic carbocycles. The van der Waals surface area contributed by atoms with E-state index in [0.717, 1.165) is 51.4 Å². The van der Waals surface area contributed by atoms with Crippen LogP contribution in [0.3, 0.4) is 0 Å². The topological polar surface area (TPSA) is 110 Å². The van der Waals surface area contributed by atoms with Gasteiger partial charge in [-0.2, -0.15) is 0 Å². The molecule has 304 valence electrons. The Kier molecular flexibility index (Phi) is 39.5. The molecule has 4 atom stereocenters. The monoisotopic (exact) mass is 724 g/mol. The van der Waals surface area contributed by atoms with Crippen molar-refractivity contribution in [1.82, 2.24) is 5.32 Å². The van der Waals surface area contributed by atoms with Crippen molar-refractivity contribution in [2.75, 3.05) is 6.61 Å². The second kappa shape index (κ2) is 40.2. The highest BCUT2D eigenvalue weighted by molar-refractivity contribution is 5.80. The maximum atomic E-state index is 12.4. The van der Waals surface area contributed by atoms with Crippen molar-refractivity contribution in [3.8, 4) is 0 Å². The molecule has 0 heterocycles. The van der Waals surface area contributed by atoms with E-state index in [4.69, 9.17) is 0 Å². The first kappa shape index (κ1) is 50.1. The van der Waals surface area contributed by atoms with Gasteiger partial charge in [-0.05, 0) is 32.1 Å². The van der Waals surface area contributed by atoms with Crippen LogP contribution in [0.1, 0.15) is 239 Å². The van der Waals surface area contributed by atoms with Gasteiger partial charge in [0.25, 0.3) is 0 Å². The van der Waals surface area contributed by atoms with Crippen LogP contribution in [0.5, 0.6) is 0 Å². The minimum Gasteiger partial charge on any atom is -0.394 e. The molecule has 0 aliphatic carbocycles. The Balaban J connectivity index is 3.59. The molecule has 0 aliphatic heterocycles. The van der Waals surface area contributed by atoms with E-state index in [-0.39, 0.29) is 0 Å². The highest BCUT2D eigenvalue weighted by Crippen LogP contribution is 2.17. The highest BCUT2D eigenvalue weighted by atomic mass is 16.3. The summed E-state index contributed by atoms with van der Waals surface area (Å²) in [4.78, 5) is 12.4. The predicted octanol–water partition coefficient (Wildman–Crippen LogP) is 11.8. The number of allylic oxidation sites excluding steroid dienone is 2. The summed E-state index contributed by atoms with van der Waals surface area (Å²) < 4.78 is 0. The summed E-state index contributed by atoms with van der Waals surface area (Å²) in [6.45, 7) is 3.99. The van der Waals surface area contributed by atoms with Crippen molar-refractivity contribution in [3.63, 3.8) is 0 Å². The van der Waals surface area contributed by atoms with Crippen LogP contribution in [-0.4, -0.2) is 57.3 Å². The van der Waals surface area contributed by atoms with E-state index in [1.165, 1.54) is 161 Å². The normalized spacial score (nSPS) is 14.2. The molecule has 0 radical (unpaired) electrons. The van der Waals surface area contributed by atoms with Crippen LogP contribution in [0.15, 0.2) is 12.2 Å². The average molecular weight is 724 g/mol. The summed E-state index contributed by atoms with van der Waals surface area (Å²) in [7, 11) is 0. The second-order valence-electron chi connectivity index (χ2n) is 15.8. The average Bonchev–Trinajstić information content (AvgIpc) is 3.13. The number of carbonyl (C=O) groups is 1. The molecule has 0 aromatic heterocycles. The van der Waals surface area contributed by atoms with Crippen LogP contribution in [-0.2, 0) is 4.79 Å². The minimum absolute atomic E-state index is 0.349. The molecule has 0 rings (SSSR count). The quantitative estimate of drug-likeness (QED) is 0.0319. The molecular formula is C45H89NO5. The van der Waals surface area contributed by atoms with Crippen molar-refractivity contribution < 1.29 is 25.2 Å².